The van der Waals surface area contributed by atoms with Crippen LogP contribution in [0, 0.1) is 11.8 Å². The Labute approximate surface area is 189 Å². The molecule has 2 aromatic rings. The normalized spacial score (nSPS) is 19.0. The van der Waals surface area contributed by atoms with E-state index in [0.29, 0.717) is 41.9 Å². The third-order valence-electron chi connectivity index (χ3n) is 5.08. The largest absolute Gasteiger partial charge is 0.368 e. The summed E-state index contributed by atoms with van der Waals surface area (Å²) in [6, 6.07) is 3.62. The van der Waals surface area contributed by atoms with Gasteiger partial charge in [0, 0.05) is 6.54 Å². The van der Waals surface area contributed by atoms with E-state index in [9.17, 15) is 13.0 Å². The van der Waals surface area contributed by atoms with Crippen molar-refractivity contribution in [2.24, 2.45) is 17.6 Å². The van der Waals surface area contributed by atoms with E-state index < -0.39 is 10.1 Å². The molecule has 8 N–H and O–H groups in total. The first kappa shape index (κ1) is 24.4. The fraction of sp³-hybridized carbons (Fsp3) is 0.471. The van der Waals surface area contributed by atoms with Crippen molar-refractivity contribution in [3.05, 3.63) is 18.2 Å². The fourth-order valence-corrected chi connectivity index (χ4v) is 4.51. The van der Waals surface area contributed by atoms with Crippen molar-refractivity contribution in [1.82, 2.24) is 15.0 Å². The topological polar surface area (TPSA) is 208 Å². The van der Waals surface area contributed by atoms with Gasteiger partial charge in [-0.2, -0.15) is 23.4 Å². The predicted molar refractivity (Wildman–Crippen MR) is 117 cm³/mol. The first-order chi connectivity index (χ1) is 15.3. The van der Waals surface area contributed by atoms with Gasteiger partial charge in [0.2, 0.25) is 17.8 Å². The Morgan fingerprint density at radius 2 is 1.94 bits per heavy atom. The van der Waals surface area contributed by atoms with Gasteiger partial charge in [0.15, 0.2) is 0 Å². The molecular formula is C17H25N7O6S2. The summed E-state index contributed by atoms with van der Waals surface area (Å²) in [4.78, 5) is 12.3. The molecule has 0 saturated heterocycles. The van der Waals surface area contributed by atoms with E-state index >= 15 is 0 Å². The average molecular weight is 488 g/mol. The van der Waals surface area contributed by atoms with Crippen molar-refractivity contribution >= 4 is 45.7 Å². The van der Waals surface area contributed by atoms with Crippen molar-refractivity contribution in [3.63, 3.8) is 0 Å². The van der Waals surface area contributed by atoms with Crippen LogP contribution < -0.4 is 22.1 Å². The highest BCUT2D eigenvalue weighted by molar-refractivity contribution is 7.94. The maximum Gasteiger partial charge on any atom is 0.294 e. The summed E-state index contributed by atoms with van der Waals surface area (Å²) in [5.74, 6) is 1.19. The van der Waals surface area contributed by atoms with Crippen LogP contribution in [0.15, 0.2) is 28.0 Å². The maximum absolute atomic E-state index is 11.5. The monoisotopic (exact) mass is 487 g/mol. The van der Waals surface area contributed by atoms with Gasteiger partial charge in [-0.15, -0.1) is 4.33 Å². The van der Waals surface area contributed by atoms with E-state index in [1.54, 1.807) is 0 Å². The molecule has 0 spiro atoms. The molecule has 32 heavy (non-hydrogen) atoms. The Bertz CT molecular complexity index is 1030. The minimum atomic E-state index is -4.47. The highest BCUT2D eigenvalue weighted by Gasteiger charge is 2.21. The van der Waals surface area contributed by atoms with Crippen LogP contribution >= 0.6 is 12.0 Å². The summed E-state index contributed by atoms with van der Waals surface area (Å²) in [6.45, 7) is 1.33. The second kappa shape index (κ2) is 11.0. The van der Waals surface area contributed by atoms with Crippen LogP contribution in [0.25, 0.3) is 0 Å². The van der Waals surface area contributed by atoms with Crippen LogP contribution in [-0.2, 0) is 19.5 Å². The van der Waals surface area contributed by atoms with Gasteiger partial charge in [0.1, 0.15) is 0 Å². The molecule has 1 fully saturated rings. The van der Waals surface area contributed by atoms with E-state index in [2.05, 4.69) is 35.0 Å². The molecular weight excluding hydrogens is 462 g/mol. The number of hydrogen-bond acceptors (Lipinski definition) is 13. The highest BCUT2D eigenvalue weighted by atomic mass is 32.2. The number of aromatic nitrogens is 3. The molecule has 1 heterocycles. The van der Waals surface area contributed by atoms with Crippen LogP contribution in [0.2, 0.25) is 0 Å². The molecule has 1 saturated carbocycles. The smallest absolute Gasteiger partial charge is 0.294 e. The van der Waals surface area contributed by atoms with Gasteiger partial charge in [0.25, 0.3) is 10.1 Å². The number of anilines is 4. The molecule has 3 rings (SSSR count). The Balaban J connectivity index is 1.77. The number of nitrogens with two attached hydrogens (primary N) is 2. The summed E-state index contributed by atoms with van der Waals surface area (Å²) in [5.41, 5.74) is 11.8. The lowest BCUT2D eigenvalue weighted by Gasteiger charge is -2.28. The van der Waals surface area contributed by atoms with Gasteiger partial charge >= 0.3 is 0 Å². The van der Waals surface area contributed by atoms with Gasteiger partial charge in [-0.1, -0.05) is 11.5 Å². The van der Waals surface area contributed by atoms with Crippen LogP contribution in [-0.4, -0.2) is 46.3 Å². The first-order valence-corrected chi connectivity index (χ1v) is 12.0. The van der Waals surface area contributed by atoms with Crippen molar-refractivity contribution in [1.29, 1.82) is 0 Å². The van der Waals surface area contributed by atoms with Crippen LogP contribution in [0.5, 0.6) is 0 Å². The van der Waals surface area contributed by atoms with Gasteiger partial charge in [-0.05, 0) is 55.8 Å². The van der Waals surface area contributed by atoms with Crippen LogP contribution in [0.1, 0.15) is 25.7 Å². The third kappa shape index (κ3) is 6.86. The molecule has 1 aliphatic rings. The Kier molecular flexibility index (Phi) is 8.41. The summed E-state index contributed by atoms with van der Waals surface area (Å²) in [7, 11) is -4.47. The number of nitrogens with one attached hydrogen (secondary N) is 2. The van der Waals surface area contributed by atoms with Crippen molar-refractivity contribution in [2.75, 3.05) is 29.5 Å². The quantitative estimate of drug-likeness (QED) is 0.123. The predicted octanol–water partition coefficient (Wildman–Crippen LogP) is 2.05. The third-order valence-corrected chi connectivity index (χ3v) is 6.59. The maximum atomic E-state index is 11.5. The molecule has 0 amide bonds. The molecule has 0 bridgehead atoms. The van der Waals surface area contributed by atoms with Crippen molar-refractivity contribution < 1.29 is 27.6 Å². The number of rotatable bonds is 10. The molecule has 15 heteroatoms. The lowest BCUT2D eigenvalue weighted by molar-refractivity contribution is -0.432. The molecule has 13 nitrogen and oxygen atoms in total. The highest BCUT2D eigenvalue weighted by Crippen LogP contribution is 2.32. The minimum absolute atomic E-state index is 0.0303. The summed E-state index contributed by atoms with van der Waals surface area (Å²) in [6.07, 6.45) is 4.40. The molecule has 2 atom stereocenters. The standard InChI is InChI=1S/C17H25N7O6S2/c18-8-10-2-1-3-11(6-10)9-20-16-22-15(19)23-17(24-16)21-13-7-12(32(26,27)28)4-5-14(13)31-30-29-25/h4-5,7,10-11,25H,1-3,6,8-9,18H2,(H,26,27,28)(H4,19,20,21,22,23,24). The van der Waals surface area contributed by atoms with Crippen LogP contribution in [0.4, 0.5) is 23.5 Å². The molecule has 1 aliphatic carbocycles. The molecule has 176 valence electrons. The van der Waals surface area contributed by atoms with E-state index in [-0.39, 0.29) is 28.4 Å². The molecule has 1 aromatic heterocycles. The Hall–Kier alpha value is -2.27. The Morgan fingerprint density at radius 3 is 2.66 bits per heavy atom. The summed E-state index contributed by atoms with van der Waals surface area (Å²) in [5, 5.41) is 18.0. The Morgan fingerprint density at radius 1 is 1.19 bits per heavy atom. The second-order valence-corrected chi connectivity index (χ2v) is 9.50. The summed E-state index contributed by atoms with van der Waals surface area (Å²) >= 11 is 0.586. The number of hydrogen-bond donors (Lipinski definition) is 6. The van der Waals surface area contributed by atoms with E-state index in [0.717, 1.165) is 37.8 Å². The lowest BCUT2D eigenvalue weighted by atomic mass is 9.81. The van der Waals surface area contributed by atoms with E-state index in [1.165, 1.54) is 6.07 Å². The van der Waals surface area contributed by atoms with E-state index in [1.807, 2.05) is 0 Å². The van der Waals surface area contributed by atoms with Gasteiger partial charge < -0.3 is 22.1 Å². The molecule has 0 aliphatic heterocycles. The zero-order chi connectivity index (χ0) is 23.1. The molecule has 2 unspecified atom stereocenters. The van der Waals surface area contributed by atoms with Crippen molar-refractivity contribution in [2.45, 2.75) is 35.5 Å². The van der Waals surface area contributed by atoms with Gasteiger partial charge in [-0.3, -0.25) is 4.55 Å². The lowest BCUT2D eigenvalue weighted by Crippen LogP contribution is -2.27. The van der Waals surface area contributed by atoms with Crippen LogP contribution in [0.3, 0.4) is 0 Å². The van der Waals surface area contributed by atoms with Crippen molar-refractivity contribution in [3.8, 4) is 0 Å². The number of benzene rings is 1. The second-order valence-electron chi connectivity index (χ2n) is 7.34. The fourth-order valence-electron chi connectivity index (χ4n) is 3.58. The van der Waals surface area contributed by atoms with Gasteiger partial charge in [-0.25, -0.2) is 5.26 Å². The minimum Gasteiger partial charge on any atom is -0.368 e. The SMILES string of the molecule is NCC1CCCC(CNc2nc(N)nc(Nc3cc(S(=O)(=O)O)ccc3SOOO)n2)C1. The average Bonchev–Trinajstić information content (AvgIpc) is 2.76. The van der Waals surface area contributed by atoms with Gasteiger partial charge in [0.05, 0.1) is 27.5 Å². The molecule has 0 radical (unpaired) electrons. The molecule has 1 aromatic carbocycles. The zero-order valence-electron chi connectivity index (χ0n) is 17.0. The number of nitrogen functional groups attached to an aromatic ring is 1. The van der Waals surface area contributed by atoms with E-state index in [4.69, 9.17) is 16.7 Å². The zero-order valence-corrected chi connectivity index (χ0v) is 18.6. The summed E-state index contributed by atoms with van der Waals surface area (Å²) < 4.78 is 36.7. The first-order valence-electron chi connectivity index (χ1n) is 9.77. The number of nitrogens with zero attached hydrogens (tertiary/aromatic N) is 3.